The second kappa shape index (κ2) is 5.22. The third-order valence-electron chi connectivity index (χ3n) is 1.67. The summed E-state index contributed by atoms with van der Waals surface area (Å²) in [7, 11) is 1.64. The van der Waals surface area contributed by atoms with Crippen molar-refractivity contribution < 1.29 is 9.53 Å². The first-order valence-corrected chi connectivity index (χ1v) is 4.77. The van der Waals surface area contributed by atoms with Gasteiger partial charge in [0.05, 0.1) is 18.1 Å². The summed E-state index contributed by atoms with van der Waals surface area (Å²) >= 11 is 0. The highest BCUT2D eigenvalue weighted by Crippen LogP contribution is 2.15. The third kappa shape index (κ3) is 6.58. The van der Waals surface area contributed by atoms with Crippen LogP contribution >= 0.6 is 0 Å². The zero-order valence-electron chi connectivity index (χ0n) is 9.31. The zero-order valence-corrected chi connectivity index (χ0v) is 9.31. The lowest BCUT2D eigenvalue weighted by Crippen LogP contribution is -2.31. The number of rotatable bonds is 4. The van der Waals surface area contributed by atoms with Crippen molar-refractivity contribution in [3.8, 4) is 0 Å². The van der Waals surface area contributed by atoms with Gasteiger partial charge in [-0.2, -0.15) is 0 Å². The van der Waals surface area contributed by atoms with Gasteiger partial charge in [-0.15, -0.1) is 0 Å². The largest absolute Gasteiger partial charge is 0.372 e. The summed E-state index contributed by atoms with van der Waals surface area (Å²) < 4.78 is 5.70. The predicted octanol–water partition coefficient (Wildman–Crippen LogP) is 1.72. The fraction of sp³-hybridized carbons (Fsp3) is 0.900. The van der Waals surface area contributed by atoms with E-state index in [4.69, 9.17) is 4.74 Å². The van der Waals surface area contributed by atoms with Crippen LogP contribution < -0.4 is 5.32 Å². The van der Waals surface area contributed by atoms with Crippen LogP contribution in [0, 0.1) is 0 Å². The summed E-state index contributed by atoms with van der Waals surface area (Å²) in [5.41, 5.74) is -0.172. The van der Waals surface area contributed by atoms with Crippen molar-refractivity contribution in [1.29, 1.82) is 0 Å². The van der Waals surface area contributed by atoms with Gasteiger partial charge in [0.25, 0.3) is 0 Å². The van der Waals surface area contributed by atoms with Crippen LogP contribution in [0.1, 0.15) is 40.5 Å². The van der Waals surface area contributed by atoms with Crippen molar-refractivity contribution in [2.24, 2.45) is 0 Å². The molecule has 0 spiro atoms. The molecule has 3 heteroatoms. The van der Waals surface area contributed by atoms with Crippen molar-refractivity contribution in [3.63, 3.8) is 0 Å². The molecule has 0 fully saturated rings. The number of hydrogen-bond donors (Lipinski definition) is 1. The molecule has 0 saturated heterocycles. The van der Waals surface area contributed by atoms with E-state index in [2.05, 4.69) is 5.32 Å². The smallest absolute Gasteiger partial charge is 0.222 e. The van der Waals surface area contributed by atoms with E-state index >= 15 is 0 Å². The van der Waals surface area contributed by atoms with E-state index in [9.17, 15) is 4.79 Å². The van der Waals surface area contributed by atoms with Crippen LogP contribution in [-0.4, -0.2) is 24.7 Å². The fourth-order valence-electron chi connectivity index (χ4n) is 1.08. The minimum Gasteiger partial charge on any atom is -0.372 e. The molecule has 0 heterocycles. The first kappa shape index (κ1) is 12.4. The molecule has 0 saturated carbocycles. The van der Waals surface area contributed by atoms with E-state index in [0.29, 0.717) is 6.42 Å². The van der Waals surface area contributed by atoms with Gasteiger partial charge in [-0.3, -0.25) is 4.79 Å². The van der Waals surface area contributed by atoms with Crippen LogP contribution in [0.4, 0.5) is 0 Å². The SMILES string of the molecule is CCC(CC(=O)NC)OC(C)(C)C. The lowest BCUT2D eigenvalue weighted by Gasteiger charge is -2.26. The lowest BCUT2D eigenvalue weighted by atomic mass is 10.1. The van der Waals surface area contributed by atoms with E-state index in [-0.39, 0.29) is 17.6 Å². The minimum atomic E-state index is -0.172. The van der Waals surface area contributed by atoms with Crippen molar-refractivity contribution in [2.45, 2.75) is 52.2 Å². The molecule has 13 heavy (non-hydrogen) atoms. The number of carbonyl (C=O) groups is 1. The highest BCUT2D eigenvalue weighted by atomic mass is 16.5. The molecule has 0 aromatic rings. The number of carbonyl (C=O) groups excluding carboxylic acids is 1. The second-order valence-electron chi connectivity index (χ2n) is 4.14. The monoisotopic (exact) mass is 187 g/mol. The standard InChI is InChI=1S/C10H21NO2/c1-6-8(7-9(12)11-5)13-10(2,3)4/h8H,6-7H2,1-5H3,(H,11,12). The molecule has 0 aliphatic rings. The van der Waals surface area contributed by atoms with Crippen LogP contribution in [0.25, 0.3) is 0 Å². The number of hydrogen-bond acceptors (Lipinski definition) is 2. The van der Waals surface area contributed by atoms with E-state index in [0.717, 1.165) is 6.42 Å². The van der Waals surface area contributed by atoms with Gasteiger partial charge in [0.1, 0.15) is 0 Å². The summed E-state index contributed by atoms with van der Waals surface area (Å²) in [6, 6.07) is 0. The maximum absolute atomic E-state index is 11.1. The Kier molecular flexibility index (Phi) is 4.99. The van der Waals surface area contributed by atoms with Gasteiger partial charge in [0, 0.05) is 7.05 Å². The van der Waals surface area contributed by atoms with Gasteiger partial charge < -0.3 is 10.1 Å². The molecule has 0 aromatic heterocycles. The van der Waals surface area contributed by atoms with Gasteiger partial charge >= 0.3 is 0 Å². The Morgan fingerprint density at radius 3 is 2.31 bits per heavy atom. The Balaban J connectivity index is 3.97. The first-order chi connectivity index (χ1) is 5.89. The zero-order chi connectivity index (χ0) is 10.5. The van der Waals surface area contributed by atoms with E-state index in [1.807, 2.05) is 27.7 Å². The van der Waals surface area contributed by atoms with E-state index in [1.54, 1.807) is 7.05 Å². The predicted molar refractivity (Wildman–Crippen MR) is 53.6 cm³/mol. The Morgan fingerprint density at radius 1 is 1.46 bits per heavy atom. The molecule has 0 bridgehead atoms. The molecule has 0 radical (unpaired) electrons. The number of ether oxygens (including phenoxy) is 1. The third-order valence-corrected chi connectivity index (χ3v) is 1.67. The van der Waals surface area contributed by atoms with Crippen molar-refractivity contribution in [2.75, 3.05) is 7.05 Å². The quantitative estimate of drug-likeness (QED) is 0.727. The Morgan fingerprint density at radius 2 is 2.00 bits per heavy atom. The van der Waals surface area contributed by atoms with Crippen LogP contribution in [-0.2, 0) is 9.53 Å². The van der Waals surface area contributed by atoms with Crippen LogP contribution in [0.5, 0.6) is 0 Å². The molecular formula is C10H21NO2. The Labute approximate surface area is 80.8 Å². The second-order valence-corrected chi connectivity index (χ2v) is 4.14. The topological polar surface area (TPSA) is 38.3 Å². The molecule has 0 aliphatic heterocycles. The van der Waals surface area contributed by atoms with Crippen molar-refractivity contribution in [3.05, 3.63) is 0 Å². The van der Waals surface area contributed by atoms with Gasteiger partial charge in [-0.05, 0) is 27.2 Å². The number of amides is 1. The van der Waals surface area contributed by atoms with Crippen molar-refractivity contribution >= 4 is 5.91 Å². The molecule has 78 valence electrons. The fourth-order valence-corrected chi connectivity index (χ4v) is 1.08. The van der Waals surface area contributed by atoms with E-state index < -0.39 is 0 Å². The summed E-state index contributed by atoms with van der Waals surface area (Å²) in [5.74, 6) is 0.0381. The molecule has 0 aliphatic carbocycles. The van der Waals surface area contributed by atoms with Gasteiger partial charge in [0.2, 0.25) is 5.91 Å². The maximum atomic E-state index is 11.1. The van der Waals surface area contributed by atoms with Crippen LogP contribution in [0.15, 0.2) is 0 Å². The number of nitrogens with one attached hydrogen (secondary N) is 1. The molecule has 0 rings (SSSR count). The van der Waals surface area contributed by atoms with Gasteiger partial charge in [-0.1, -0.05) is 6.92 Å². The minimum absolute atomic E-state index is 0.0277. The van der Waals surface area contributed by atoms with E-state index in [1.165, 1.54) is 0 Å². The summed E-state index contributed by atoms with van der Waals surface area (Å²) in [5, 5.41) is 2.60. The molecule has 1 unspecified atom stereocenters. The lowest BCUT2D eigenvalue weighted by molar-refractivity contribution is -0.127. The summed E-state index contributed by atoms with van der Waals surface area (Å²) in [6.45, 7) is 8.03. The summed E-state index contributed by atoms with van der Waals surface area (Å²) in [6.07, 6.45) is 1.34. The first-order valence-electron chi connectivity index (χ1n) is 4.77. The highest BCUT2D eigenvalue weighted by molar-refractivity contribution is 5.76. The average molecular weight is 187 g/mol. The maximum Gasteiger partial charge on any atom is 0.222 e. The summed E-state index contributed by atoms with van der Waals surface area (Å²) in [4.78, 5) is 11.1. The van der Waals surface area contributed by atoms with Gasteiger partial charge in [-0.25, -0.2) is 0 Å². The van der Waals surface area contributed by atoms with Gasteiger partial charge in [0.15, 0.2) is 0 Å². The van der Waals surface area contributed by atoms with Crippen molar-refractivity contribution in [1.82, 2.24) is 5.32 Å². The molecule has 0 aromatic carbocycles. The molecule has 1 amide bonds. The Hall–Kier alpha value is -0.570. The highest BCUT2D eigenvalue weighted by Gasteiger charge is 2.19. The van der Waals surface area contributed by atoms with Crippen LogP contribution in [0.3, 0.4) is 0 Å². The average Bonchev–Trinajstić information content (AvgIpc) is 2.00. The molecule has 1 N–H and O–H groups in total. The molecular weight excluding hydrogens is 166 g/mol. The van der Waals surface area contributed by atoms with Crippen LogP contribution in [0.2, 0.25) is 0 Å². The molecule has 1 atom stereocenters. The normalized spacial score (nSPS) is 13.9. The Bertz CT molecular complexity index is 161. The molecule has 3 nitrogen and oxygen atoms in total.